The van der Waals surface area contributed by atoms with Crippen molar-refractivity contribution in [2.24, 2.45) is 0 Å². The van der Waals surface area contributed by atoms with Crippen molar-refractivity contribution in [3.05, 3.63) is 0 Å². The van der Waals surface area contributed by atoms with Crippen molar-refractivity contribution in [2.75, 3.05) is 19.6 Å². The molecule has 2 saturated heterocycles. The van der Waals surface area contributed by atoms with Crippen molar-refractivity contribution in [1.82, 2.24) is 10.2 Å². The molecule has 4 heteroatoms. The Morgan fingerprint density at radius 2 is 2.42 bits per heavy atom. The van der Waals surface area contributed by atoms with Gasteiger partial charge in [-0.1, -0.05) is 0 Å². The zero-order chi connectivity index (χ0) is 8.18. The van der Waals surface area contributed by atoms with Crippen LogP contribution < -0.4 is 5.32 Å². The van der Waals surface area contributed by atoms with E-state index in [0.29, 0.717) is 6.04 Å². The molecule has 2 heterocycles. The first-order valence-corrected chi connectivity index (χ1v) is 4.52. The maximum absolute atomic E-state index is 11.3. The molecule has 1 atom stereocenters. The Balaban J connectivity index is 1.91. The molecule has 1 N–H and O–H groups in total. The molecule has 3 aliphatic rings. The summed E-state index contributed by atoms with van der Waals surface area (Å²) in [5.74, 6) is 0. The van der Waals surface area contributed by atoms with Crippen LogP contribution in [0.3, 0.4) is 0 Å². The second-order valence-corrected chi connectivity index (χ2v) is 3.85. The van der Waals surface area contributed by atoms with Crippen LogP contribution in [0.15, 0.2) is 0 Å². The summed E-state index contributed by atoms with van der Waals surface area (Å²) in [5.41, 5.74) is -0.0789. The normalized spacial score (nSPS) is 36.5. The van der Waals surface area contributed by atoms with E-state index in [2.05, 4.69) is 5.32 Å². The first-order valence-electron chi connectivity index (χ1n) is 4.52. The molecule has 2 aliphatic heterocycles. The van der Waals surface area contributed by atoms with Crippen LogP contribution in [0.2, 0.25) is 0 Å². The second kappa shape index (κ2) is 1.93. The third kappa shape index (κ3) is 0.684. The van der Waals surface area contributed by atoms with Gasteiger partial charge in [0.15, 0.2) is 0 Å². The van der Waals surface area contributed by atoms with Crippen LogP contribution in [0.25, 0.3) is 0 Å². The molecule has 12 heavy (non-hydrogen) atoms. The van der Waals surface area contributed by atoms with Gasteiger partial charge in [-0.05, 0) is 12.8 Å². The van der Waals surface area contributed by atoms with Gasteiger partial charge in [0.05, 0.1) is 6.04 Å². The summed E-state index contributed by atoms with van der Waals surface area (Å²) in [6.07, 6.45) is 2.02. The van der Waals surface area contributed by atoms with Crippen molar-refractivity contribution in [2.45, 2.75) is 24.5 Å². The first kappa shape index (κ1) is 6.71. The topological polar surface area (TPSA) is 41.6 Å². The van der Waals surface area contributed by atoms with E-state index in [4.69, 9.17) is 4.74 Å². The minimum absolute atomic E-state index is 0.0789. The van der Waals surface area contributed by atoms with Gasteiger partial charge in [-0.2, -0.15) is 0 Å². The van der Waals surface area contributed by atoms with Gasteiger partial charge in [0.2, 0.25) is 0 Å². The Labute approximate surface area is 70.9 Å². The van der Waals surface area contributed by atoms with E-state index in [-0.39, 0.29) is 11.7 Å². The lowest BCUT2D eigenvalue weighted by atomic mass is 10.1. The van der Waals surface area contributed by atoms with E-state index in [1.54, 1.807) is 0 Å². The number of rotatable bonds is 0. The summed E-state index contributed by atoms with van der Waals surface area (Å²) >= 11 is 0. The SMILES string of the molecule is O=C1OC2(CC2)[C@@H]2CNCCN12. The van der Waals surface area contributed by atoms with Crippen LogP contribution in [0.1, 0.15) is 12.8 Å². The summed E-state index contributed by atoms with van der Waals surface area (Å²) in [6, 6.07) is 0.318. The molecule has 4 nitrogen and oxygen atoms in total. The lowest BCUT2D eigenvalue weighted by Crippen LogP contribution is -2.52. The maximum Gasteiger partial charge on any atom is 0.410 e. The van der Waals surface area contributed by atoms with Crippen molar-refractivity contribution in [3.8, 4) is 0 Å². The summed E-state index contributed by atoms with van der Waals surface area (Å²) in [7, 11) is 0. The highest BCUT2D eigenvalue weighted by Gasteiger charge is 2.62. The van der Waals surface area contributed by atoms with Gasteiger partial charge < -0.3 is 10.1 Å². The van der Waals surface area contributed by atoms with Crippen LogP contribution in [0.5, 0.6) is 0 Å². The summed E-state index contributed by atoms with van der Waals surface area (Å²) < 4.78 is 5.35. The third-order valence-electron chi connectivity index (χ3n) is 3.12. The van der Waals surface area contributed by atoms with E-state index in [0.717, 1.165) is 32.5 Å². The molecule has 1 saturated carbocycles. The largest absolute Gasteiger partial charge is 0.441 e. The number of nitrogens with zero attached hydrogens (tertiary/aromatic N) is 1. The predicted molar refractivity (Wildman–Crippen MR) is 41.8 cm³/mol. The Hall–Kier alpha value is -0.770. The van der Waals surface area contributed by atoms with Crippen LogP contribution in [-0.4, -0.2) is 42.3 Å². The molecule has 0 aromatic heterocycles. The smallest absolute Gasteiger partial charge is 0.410 e. The van der Waals surface area contributed by atoms with Crippen LogP contribution >= 0.6 is 0 Å². The average Bonchev–Trinajstić information content (AvgIpc) is 2.79. The van der Waals surface area contributed by atoms with Gasteiger partial charge in [0.25, 0.3) is 0 Å². The third-order valence-corrected chi connectivity index (χ3v) is 3.12. The molecular formula is C8H12N2O2. The van der Waals surface area contributed by atoms with E-state index in [9.17, 15) is 4.79 Å². The van der Waals surface area contributed by atoms with Crippen LogP contribution in [0, 0.1) is 0 Å². The number of amides is 1. The fourth-order valence-corrected chi connectivity index (χ4v) is 2.25. The molecule has 0 aromatic carbocycles. The number of piperazine rings is 1. The fraction of sp³-hybridized carbons (Fsp3) is 0.875. The second-order valence-electron chi connectivity index (χ2n) is 3.85. The van der Waals surface area contributed by atoms with Gasteiger partial charge in [-0.3, -0.25) is 4.90 Å². The van der Waals surface area contributed by atoms with Gasteiger partial charge in [0.1, 0.15) is 5.60 Å². The highest BCUT2D eigenvalue weighted by molar-refractivity contribution is 5.72. The van der Waals surface area contributed by atoms with E-state index in [1.165, 1.54) is 0 Å². The number of ether oxygens (including phenoxy) is 1. The molecule has 0 radical (unpaired) electrons. The standard InChI is InChI=1S/C8H12N2O2/c11-7-10-4-3-9-5-6(10)8(12-7)1-2-8/h6,9H,1-5H2/t6-/m0/s1. The minimum Gasteiger partial charge on any atom is -0.441 e. The van der Waals surface area contributed by atoms with Crippen LogP contribution in [0.4, 0.5) is 4.79 Å². The van der Waals surface area contributed by atoms with E-state index < -0.39 is 0 Å². The maximum atomic E-state index is 11.3. The summed E-state index contributed by atoms with van der Waals surface area (Å²) in [4.78, 5) is 13.2. The summed E-state index contributed by atoms with van der Waals surface area (Å²) in [5, 5.41) is 3.30. The van der Waals surface area contributed by atoms with Gasteiger partial charge in [-0.25, -0.2) is 4.79 Å². The number of hydrogen-bond donors (Lipinski definition) is 1. The van der Waals surface area contributed by atoms with Crippen molar-refractivity contribution in [3.63, 3.8) is 0 Å². The number of carbonyl (C=O) groups is 1. The molecule has 3 rings (SSSR count). The van der Waals surface area contributed by atoms with Gasteiger partial charge >= 0.3 is 6.09 Å². The Kier molecular flexibility index (Phi) is 1.08. The van der Waals surface area contributed by atoms with Gasteiger partial charge in [-0.15, -0.1) is 0 Å². The van der Waals surface area contributed by atoms with E-state index in [1.807, 2.05) is 4.90 Å². The Bertz CT molecular complexity index is 237. The van der Waals surface area contributed by atoms with Crippen molar-refractivity contribution in [1.29, 1.82) is 0 Å². The molecule has 0 bridgehead atoms. The van der Waals surface area contributed by atoms with E-state index >= 15 is 0 Å². The quantitative estimate of drug-likeness (QED) is 0.551. The van der Waals surface area contributed by atoms with Gasteiger partial charge in [0, 0.05) is 19.6 Å². The number of hydrogen-bond acceptors (Lipinski definition) is 3. The number of fused-ring (bicyclic) bond motifs is 2. The average molecular weight is 168 g/mol. The lowest BCUT2D eigenvalue weighted by molar-refractivity contribution is 0.116. The number of carbonyl (C=O) groups excluding carboxylic acids is 1. The molecule has 1 spiro atoms. The fourth-order valence-electron chi connectivity index (χ4n) is 2.25. The highest BCUT2D eigenvalue weighted by atomic mass is 16.6. The van der Waals surface area contributed by atoms with Crippen molar-refractivity contribution >= 4 is 6.09 Å². The zero-order valence-corrected chi connectivity index (χ0v) is 6.88. The minimum atomic E-state index is -0.0981. The zero-order valence-electron chi connectivity index (χ0n) is 6.88. The number of nitrogens with one attached hydrogen (secondary N) is 1. The molecule has 0 unspecified atom stereocenters. The molecule has 66 valence electrons. The molecule has 1 aliphatic carbocycles. The Morgan fingerprint density at radius 1 is 1.58 bits per heavy atom. The summed E-state index contributed by atoms with van der Waals surface area (Å²) in [6.45, 7) is 2.62. The Morgan fingerprint density at radius 3 is 3.17 bits per heavy atom. The lowest BCUT2D eigenvalue weighted by Gasteiger charge is -2.29. The predicted octanol–water partition coefficient (Wildman–Crippen LogP) is -0.0570. The molecule has 0 aromatic rings. The van der Waals surface area contributed by atoms with Crippen LogP contribution in [-0.2, 0) is 4.74 Å². The molecular weight excluding hydrogens is 156 g/mol. The monoisotopic (exact) mass is 168 g/mol. The first-order chi connectivity index (χ1) is 5.82. The highest BCUT2D eigenvalue weighted by Crippen LogP contribution is 2.49. The van der Waals surface area contributed by atoms with Crippen molar-refractivity contribution < 1.29 is 9.53 Å². The molecule has 3 fully saturated rings. The molecule has 1 amide bonds.